The number of anilines is 2. The van der Waals surface area contributed by atoms with Gasteiger partial charge in [0.15, 0.2) is 0 Å². The smallest absolute Gasteiger partial charge is 0.243 e. The molecule has 2 amide bonds. The van der Waals surface area contributed by atoms with Gasteiger partial charge in [-0.25, -0.2) is 8.42 Å². The molecule has 0 radical (unpaired) electrons. The summed E-state index contributed by atoms with van der Waals surface area (Å²) in [6, 6.07) is 14.2. The summed E-state index contributed by atoms with van der Waals surface area (Å²) < 4.78 is 28.1. The Balaban J connectivity index is 1.52. The van der Waals surface area contributed by atoms with Crippen molar-refractivity contribution in [1.82, 2.24) is 4.31 Å². The van der Waals surface area contributed by atoms with Crippen LogP contribution in [0.5, 0.6) is 0 Å². The first-order valence-corrected chi connectivity index (χ1v) is 12.1. The molecule has 0 saturated carbocycles. The lowest BCUT2D eigenvalue weighted by molar-refractivity contribution is -0.121. The number of carbonyl (C=O) groups is 2. The number of rotatable bonds is 4. The highest BCUT2D eigenvalue weighted by atomic mass is 32.2. The van der Waals surface area contributed by atoms with Crippen molar-refractivity contribution >= 4 is 33.2 Å². The summed E-state index contributed by atoms with van der Waals surface area (Å²) >= 11 is 0. The van der Waals surface area contributed by atoms with Crippen LogP contribution in [0.25, 0.3) is 0 Å². The molecule has 2 aliphatic rings. The molecular weight excluding hydrogens is 414 g/mol. The van der Waals surface area contributed by atoms with Crippen molar-refractivity contribution in [2.45, 2.75) is 37.5 Å². The molecule has 0 unspecified atom stereocenters. The Kier molecular flexibility index (Phi) is 6.11. The fraction of sp³-hybridized carbons (Fsp3) is 0.391. The highest BCUT2D eigenvalue weighted by Crippen LogP contribution is 2.32. The van der Waals surface area contributed by atoms with E-state index < -0.39 is 15.9 Å². The molecule has 0 aromatic heterocycles. The van der Waals surface area contributed by atoms with E-state index in [1.54, 1.807) is 23.1 Å². The average molecular weight is 442 g/mol. The maximum atomic E-state index is 13.3. The van der Waals surface area contributed by atoms with Gasteiger partial charge >= 0.3 is 0 Å². The molecule has 2 aromatic carbocycles. The molecule has 0 aliphatic carbocycles. The van der Waals surface area contributed by atoms with E-state index in [4.69, 9.17) is 0 Å². The fourth-order valence-corrected chi connectivity index (χ4v) is 5.93. The lowest BCUT2D eigenvalue weighted by Gasteiger charge is -2.32. The van der Waals surface area contributed by atoms with E-state index in [9.17, 15) is 18.0 Å². The Morgan fingerprint density at radius 2 is 1.81 bits per heavy atom. The number of hydrogen-bond donors (Lipinski definition) is 1. The van der Waals surface area contributed by atoms with Crippen LogP contribution < -0.4 is 10.2 Å². The Morgan fingerprint density at radius 1 is 1.03 bits per heavy atom. The Hall–Kier alpha value is -2.71. The minimum atomic E-state index is -3.72. The van der Waals surface area contributed by atoms with Gasteiger partial charge in [-0.05, 0) is 61.6 Å². The van der Waals surface area contributed by atoms with E-state index in [2.05, 4.69) is 5.32 Å². The molecule has 1 saturated heterocycles. The monoisotopic (exact) mass is 441 g/mol. The van der Waals surface area contributed by atoms with Crippen LogP contribution >= 0.6 is 0 Å². The number of amides is 2. The molecule has 1 fully saturated rings. The molecule has 8 heteroatoms. The predicted octanol–water partition coefficient (Wildman–Crippen LogP) is 3.03. The van der Waals surface area contributed by atoms with Gasteiger partial charge in [0.2, 0.25) is 21.8 Å². The summed E-state index contributed by atoms with van der Waals surface area (Å²) in [7, 11) is -3.72. The number of para-hydroxylation sites is 1. The van der Waals surface area contributed by atoms with Crippen LogP contribution in [0, 0.1) is 5.92 Å². The zero-order valence-electron chi connectivity index (χ0n) is 17.6. The van der Waals surface area contributed by atoms with Crippen molar-refractivity contribution in [1.29, 1.82) is 0 Å². The van der Waals surface area contributed by atoms with Crippen LogP contribution in [0.1, 0.15) is 31.7 Å². The van der Waals surface area contributed by atoms with E-state index in [0.717, 1.165) is 24.1 Å². The lowest BCUT2D eigenvalue weighted by Crippen LogP contribution is -2.43. The van der Waals surface area contributed by atoms with Crippen molar-refractivity contribution in [3.8, 4) is 0 Å². The normalized spacial score (nSPS) is 19.5. The molecule has 7 nitrogen and oxygen atoms in total. The van der Waals surface area contributed by atoms with Gasteiger partial charge in [0.1, 0.15) is 0 Å². The van der Waals surface area contributed by atoms with Gasteiger partial charge in [-0.15, -0.1) is 0 Å². The largest absolute Gasteiger partial charge is 0.326 e. The second-order valence-corrected chi connectivity index (χ2v) is 10.1. The van der Waals surface area contributed by atoms with Gasteiger partial charge in [0, 0.05) is 37.9 Å². The quantitative estimate of drug-likeness (QED) is 0.790. The van der Waals surface area contributed by atoms with E-state index >= 15 is 0 Å². The highest BCUT2D eigenvalue weighted by Gasteiger charge is 2.34. The van der Waals surface area contributed by atoms with Gasteiger partial charge < -0.3 is 10.2 Å². The van der Waals surface area contributed by atoms with Crippen LogP contribution in [0.3, 0.4) is 0 Å². The van der Waals surface area contributed by atoms with Crippen LogP contribution in [-0.2, 0) is 26.0 Å². The number of carbonyl (C=O) groups excluding carboxylic acids is 2. The maximum Gasteiger partial charge on any atom is 0.243 e. The number of sulfonamides is 1. The molecule has 0 spiro atoms. The average Bonchev–Trinajstić information content (AvgIpc) is 2.79. The third-order valence-electron chi connectivity index (χ3n) is 5.98. The second-order valence-electron chi connectivity index (χ2n) is 8.12. The van der Waals surface area contributed by atoms with Crippen molar-refractivity contribution < 1.29 is 18.0 Å². The number of benzene rings is 2. The molecule has 1 N–H and O–H groups in total. The Bertz CT molecular complexity index is 1090. The highest BCUT2D eigenvalue weighted by molar-refractivity contribution is 7.89. The maximum absolute atomic E-state index is 13.3. The number of hydrogen-bond acceptors (Lipinski definition) is 4. The molecular formula is C23H27N3O4S. The van der Waals surface area contributed by atoms with Crippen LogP contribution in [0.15, 0.2) is 53.4 Å². The van der Waals surface area contributed by atoms with Gasteiger partial charge in [-0.3, -0.25) is 9.59 Å². The van der Waals surface area contributed by atoms with Crippen LogP contribution in [0.4, 0.5) is 11.4 Å². The third kappa shape index (κ3) is 4.50. The molecule has 4 rings (SSSR count). The van der Waals surface area contributed by atoms with E-state index in [1.807, 2.05) is 30.3 Å². The summed E-state index contributed by atoms with van der Waals surface area (Å²) in [5.74, 6) is -0.594. The first-order chi connectivity index (χ1) is 14.9. The zero-order chi connectivity index (χ0) is 22.0. The summed E-state index contributed by atoms with van der Waals surface area (Å²) in [5.41, 5.74) is 2.37. The number of fused-ring (bicyclic) bond motifs is 1. The van der Waals surface area contributed by atoms with E-state index in [0.29, 0.717) is 31.6 Å². The molecule has 0 bridgehead atoms. The summed E-state index contributed by atoms with van der Waals surface area (Å²) in [4.78, 5) is 26.5. The standard InChI is InChI=1S/C23H27N3O4S/c1-17(27)26-14-6-7-18-15-21(11-12-22(18)26)31(29,30)25-13-5-8-19(16-25)23(28)24-20-9-3-2-4-10-20/h2-4,9-12,15,19H,5-8,13-14,16H2,1H3,(H,24,28)/t19-/m1/s1. The van der Waals surface area contributed by atoms with E-state index in [-0.39, 0.29) is 23.3 Å². The number of aryl methyl sites for hydroxylation is 1. The van der Waals surface area contributed by atoms with E-state index in [1.165, 1.54) is 11.2 Å². The first kappa shape index (κ1) is 21.5. The number of nitrogens with one attached hydrogen (secondary N) is 1. The molecule has 2 heterocycles. The summed E-state index contributed by atoms with van der Waals surface area (Å²) in [5, 5.41) is 2.88. The summed E-state index contributed by atoms with van der Waals surface area (Å²) in [6.07, 6.45) is 2.84. The van der Waals surface area contributed by atoms with Gasteiger partial charge in [-0.2, -0.15) is 4.31 Å². The molecule has 2 aliphatic heterocycles. The van der Waals surface area contributed by atoms with Crippen LogP contribution in [-0.4, -0.2) is 44.2 Å². The minimum absolute atomic E-state index is 0.0418. The van der Waals surface area contributed by atoms with Crippen LogP contribution in [0.2, 0.25) is 0 Å². The third-order valence-corrected chi connectivity index (χ3v) is 7.84. The zero-order valence-corrected chi connectivity index (χ0v) is 18.4. The Morgan fingerprint density at radius 3 is 2.55 bits per heavy atom. The van der Waals surface area contributed by atoms with Crippen molar-refractivity contribution in [3.63, 3.8) is 0 Å². The van der Waals surface area contributed by atoms with Gasteiger partial charge in [-0.1, -0.05) is 18.2 Å². The predicted molar refractivity (Wildman–Crippen MR) is 119 cm³/mol. The Labute approximate surface area is 183 Å². The van der Waals surface area contributed by atoms with Crippen molar-refractivity contribution in [2.24, 2.45) is 5.92 Å². The van der Waals surface area contributed by atoms with Crippen molar-refractivity contribution in [2.75, 3.05) is 29.9 Å². The number of nitrogens with zero attached hydrogens (tertiary/aromatic N) is 2. The topological polar surface area (TPSA) is 86.8 Å². The van der Waals surface area contributed by atoms with Crippen molar-refractivity contribution in [3.05, 3.63) is 54.1 Å². The number of piperidine rings is 1. The fourth-order valence-electron chi connectivity index (χ4n) is 4.35. The summed E-state index contributed by atoms with van der Waals surface area (Å²) in [6.45, 7) is 2.73. The minimum Gasteiger partial charge on any atom is -0.326 e. The molecule has 2 aromatic rings. The van der Waals surface area contributed by atoms with Gasteiger partial charge in [0.25, 0.3) is 0 Å². The second kappa shape index (κ2) is 8.80. The lowest BCUT2D eigenvalue weighted by atomic mass is 9.99. The molecule has 31 heavy (non-hydrogen) atoms. The first-order valence-electron chi connectivity index (χ1n) is 10.6. The molecule has 164 valence electrons. The SMILES string of the molecule is CC(=O)N1CCCc2cc(S(=O)(=O)N3CCC[C@@H](C(=O)Nc4ccccc4)C3)ccc21. The molecule has 1 atom stereocenters. The van der Waals surface area contributed by atoms with Gasteiger partial charge in [0.05, 0.1) is 10.8 Å².